The number of hydrogen-bond donors (Lipinski definition) is 1. The third kappa shape index (κ3) is 6.99. The largest absolute Gasteiger partial charge is 0.490 e. The molecular formula is C17H26O6. The molecule has 0 aliphatic carbocycles. The Hall–Kier alpha value is -1.63. The van der Waals surface area contributed by atoms with Crippen LogP contribution in [0.5, 0.6) is 5.75 Å². The summed E-state index contributed by atoms with van der Waals surface area (Å²) in [5.41, 5.74) is 2.01. The number of aryl methyl sites for hydroxylation is 2. The van der Waals surface area contributed by atoms with Gasteiger partial charge in [0.2, 0.25) is 0 Å². The average molecular weight is 326 g/mol. The van der Waals surface area contributed by atoms with Crippen LogP contribution in [0.2, 0.25) is 0 Å². The molecule has 1 aromatic rings. The summed E-state index contributed by atoms with van der Waals surface area (Å²) in [4.78, 5) is 11.4. The molecule has 0 saturated carbocycles. The molecule has 0 heterocycles. The first-order valence-corrected chi connectivity index (χ1v) is 7.74. The van der Waals surface area contributed by atoms with E-state index in [9.17, 15) is 9.90 Å². The molecule has 1 aromatic carbocycles. The Morgan fingerprint density at radius 1 is 1.04 bits per heavy atom. The normalized spacial score (nSPS) is 10.7. The predicted molar refractivity (Wildman–Crippen MR) is 86.5 cm³/mol. The first-order valence-electron chi connectivity index (χ1n) is 7.74. The molecule has 0 aromatic heterocycles. The summed E-state index contributed by atoms with van der Waals surface area (Å²) in [5, 5.41) is 9.32. The highest BCUT2D eigenvalue weighted by Gasteiger charge is 2.16. The summed E-state index contributed by atoms with van der Waals surface area (Å²) in [6.07, 6.45) is 0.714. The summed E-state index contributed by atoms with van der Waals surface area (Å²) in [6.45, 7) is 6.60. The summed E-state index contributed by atoms with van der Waals surface area (Å²) in [6, 6.07) is 3.58. The van der Waals surface area contributed by atoms with Gasteiger partial charge in [-0.25, -0.2) is 4.79 Å². The van der Waals surface area contributed by atoms with Gasteiger partial charge in [-0.2, -0.15) is 0 Å². The Morgan fingerprint density at radius 2 is 1.65 bits per heavy atom. The molecular weight excluding hydrogens is 300 g/mol. The fraction of sp³-hybridized carbons (Fsp3) is 0.588. The summed E-state index contributed by atoms with van der Waals surface area (Å²) >= 11 is 0. The van der Waals surface area contributed by atoms with Crippen LogP contribution in [0.4, 0.5) is 0 Å². The topological polar surface area (TPSA) is 74.2 Å². The number of carboxylic acids is 1. The lowest BCUT2D eigenvalue weighted by atomic mass is 10.0. The van der Waals surface area contributed by atoms with E-state index in [1.54, 1.807) is 13.2 Å². The van der Waals surface area contributed by atoms with Gasteiger partial charge in [0.15, 0.2) is 0 Å². The molecule has 1 N–H and O–H groups in total. The van der Waals surface area contributed by atoms with Crippen LogP contribution in [0.15, 0.2) is 12.1 Å². The summed E-state index contributed by atoms with van der Waals surface area (Å²) < 4.78 is 21.2. The van der Waals surface area contributed by atoms with Gasteiger partial charge in [0.25, 0.3) is 0 Å². The zero-order valence-corrected chi connectivity index (χ0v) is 14.1. The van der Waals surface area contributed by atoms with Crippen LogP contribution in [0.1, 0.15) is 28.4 Å². The fourth-order valence-electron chi connectivity index (χ4n) is 2.11. The number of rotatable bonds is 12. The van der Waals surface area contributed by atoms with Gasteiger partial charge in [0, 0.05) is 7.11 Å². The van der Waals surface area contributed by atoms with E-state index in [-0.39, 0.29) is 5.56 Å². The standard InChI is InChI=1S/C17H26O6/c1-4-14-11-13(2)12-15(17(18)19)16(14)23-10-9-22-8-7-21-6-5-20-3/h11-12H,4-10H2,1-3H3,(H,18,19). The second-order valence-electron chi connectivity index (χ2n) is 5.03. The van der Waals surface area contributed by atoms with Crippen molar-refractivity contribution in [3.63, 3.8) is 0 Å². The van der Waals surface area contributed by atoms with E-state index in [2.05, 4.69) is 0 Å². The Morgan fingerprint density at radius 3 is 2.22 bits per heavy atom. The number of ether oxygens (including phenoxy) is 4. The van der Waals surface area contributed by atoms with E-state index >= 15 is 0 Å². The second kappa shape index (κ2) is 11.0. The van der Waals surface area contributed by atoms with Crippen LogP contribution < -0.4 is 4.74 Å². The van der Waals surface area contributed by atoms with Crippen molar-refractivity contribution in [1.29, 1.82) is 0 Å². The molecule has 130 valence electrons. The van der Waals surface area contributed by atoms with Gasteiger partial charge >= 0.3 is 5.97 Å². The molecule has 1 rings (SSSR count). The average Bonchev–Trinajstić information content (AvgIpc) is 2.53. The Bertz CT molecular complexity index is 486. The van der Waals surface area contributed by atoms with E-state index in [0.29, 0.717) is 51.8 Å². The zero-order valence-electron chi connectivity index (χ0n) is 14.1. The lowest BCUT2D eigenvalue weighted by Gasteiger charge is -2.14. The smallest absolute Gasteiger partial charge is 0.339 e. The van der Waals surface area contributed by atoms with Crippen LogP contribution in [0, 0.1) is 6.92 Å². The van der Waals surface area contributed by atoms with E-state index < -0.39 is 5.97 Å². The summed E-state index contributed by atoms with van der Waals surface area (Å²) in [5.74, 6) is -0.545. The highest BCUT2D eigenvalue weighted by atomic mass is 16.6. The Labute approximate surface area is 137 Å². The quantitative estimate of drug-likeness (QED) is 0.594. The second-order valence-corrected chi connectivity index (χ2v) is 5.03. The molecule has 6 heteroatoms. The maximum absolute atomic E-state index is 11.4. The molecule has 0 aliphatic heterocycles. The molecule has 0 aliphatic rings. The zero-order chi connectivity index (χ0) is 17.1. The maximum Gasteiger partial charge on any atom is 0.339 e. The van der Waals surface area contributed by atoms with Gasteiger partial charge in [-0.15, -0.1) is 0 Å². The van der Waals surface area contributed by atoms with Crippen LogP contribution in [0.25, 0.3) is 0 Å². The highest BCUT2D eigenvalue weighted by Crippen LogP contribution is 2.26. The number of aromatic carboxylic acids is 1. The molecule has 0 radical (unpaired) electrons. The summed E-state index contributed by atoms with van der Waals surface area (Å²) in [7, 11) is 1.62. The fourth-order valence-corrected chi connectivity index (χ4v) is 2.11. The minimum absolute atomic E-state index is 0.199. The van der Waals surface area contributed by atoms with Crippen LogP contribution in [0.3, 0.4) is 0 Å². The van der Waals surface area contributed by atoms with Crippen molar-refractivity contribution in [1.82, 2.24) is 0 Å². The van der Waals surface area contributed by atoms with Crippen LogP contribution in [-0.2, 0) is 20.6 Å². The first-order chi connectivity index (χ1) is 11.1. The molecule has 0 spiro atoms. The third-order valence-electron chi connectivity index (χ3n) is 3.20. The molecule has 0 saturated heterocycles. The minimum Gasteiger partial charge on any atom is -0.490 e. The van der Waals surface area contributed by atoms with Gasteiger partial charge < -0.3 is 24.1 Å². The van der Waals surface area contributed by atoms with Crippen LogP contribution in [-0.4, -0.2) is 57.8 Å². The lowest BCUT2D eigenvalue weighted by molar-refractivity contribution is 0.0178. The van der Waals surface area contributed by atoms with Crippen molar-refractivity contribution in [3.8, 4) is 5.75 Å². The number of carbonyl (C=O) groups is 1. The Kier molecular flexibility index (Phi) is 9.28. The molecule has 6 nitrogen and oxygen atoms in total. The van der Waals surface area contributed by atoms with Crippen LogP contribution >= 0.6 is 0 Å². The molecule has 0 atom stereocenters. The van der Waals surface area contributed by atoms with E-state index in [1.807, 2.05) is 19.9 Å². The minimum atomic E-state index is -0.981. The molecule has 0 amide bonds. The van der Waals surface area contributed by atoms with Crippen molar-refractivity contribution in [2.75, 3.05) is 46.8 Å². The van der Waals surface area contributed by atoms with Crippen molar-refractivity contribution in [2.24, 2.45) is 0 Å². The number of carboxylic acid groups (broad SMARTS) is 1. The first kappa shape index (κ1) is 19.4. The van der Waals surface area contributed by atoms with E-state index in [0.717, 1.165) is 11.1 Å². The number of methoxy groups -OCH3 is 1. The van der Waals surface area contributed by atoms with Gasteiger partial charge in [-0.05, 0) is 30.5 Å². The van der Waals surface area contributed by atoms with Crippen molar-refractivity contribution in [3.05, 3.63) is 28.8 Å². The molecule has 0 bridgehead atoms. The molecule has 0 unspecified atom stereocenters. The molecule has 23 heavy (non-hydrogen) atoms. The van der Waals surface area contributed by atoms with E-state index in [4.69, 9.17) is 18.9 Å². The predicted octanol–water partition coefficient (Wildman–Crippen LogP) is 2.31. The SMILES string of the molecule is CCc1cc(C)cc(C(=O)O)c1OCCOCCOCCOC. The van der Waals surface area contributed by atoms with Gasteiger partial charge in [0.1, 0.15) is 17.9 Å². The third-order valence-corrected chi connectivity index (χ3v) is 3.20. The maximum atomic E-state index is 11.4. The number of hydrogen-bond acceptors (Lipinski definition) is 5. The monoisotopic (exact) mass is 326 g/mol. The van der Waals surface area contributed by atoms with Crippen molar-refractivity contribution in [2.45, 2.75) is 20.3 Å². The van der Waals surface area contributed by atoms with Gasteiger partial charge in [0.05, 0.1) is 33.0 Å². The van der Waals surface area contributed by atoms with Crippen molar-refractivity contribution < 1.29 is 28.8 Å². The van der Waals surface area contributed by atoms with E-state index in [1.165, 1.54) is 0 Å². The number of benzene rings is 1. The highest BCUT2D eigenvalue weighted by molar-refractivity contribution is 5.91. The van der Waals surface area contributed by atoms with Gasteiger partial charge in [-0.1, -0.05) is 13.0 Å². The van der Waals surface area contributed by atoms with Crippen molar-refractivity contribution >= 4 is 5.97 Å². The lowest BCUT2D eigenvalue weighted by Crippen LogP contribution is -2.14. The Balaban J connectivity index is 2.41. The molecule has 0 fully saturated rings. The van der Waals surface area contributed by atoms with Gasteiger partial charge in [-0.3, -0.25) is 0 Å².